The van der Waals surface area contributed by atoms with Gasteiger partial charge in [0, 0.05) is 22.4 Å². The monoisotopic (exact) mass is 333 g/mol. The third-order valence-electron chi connectivity index (χ3n) is 2.53. The van der Waals surface area contributed by atoms with Crippen LogP contribution in [0.15, 0.2) is 47.2 Å². The second-order valence-electron chi connectivity index (χ2n) is 5.47. The van der Waals surface area contributed by atoms with Crippen molar-refractivity contribution < 1.29 is 9.53 Å². The SMILES string of the molecule is CC(C)(C)OC(=O)c1cc(Br)cc(-c2cccnc2)c1. The largest absolute Gasteiger partial charge is 0.456 e. The number of ether oxygens (including phenoxy) is 1. The Morgan fingerprint density at radius 1 is 1.20 bits per heavy atom. The van der Waals surface area contributed by atoms with Crippen LogP contribution in [0.4, 0.5) is 0 Å². The number of rotatable bonds is 2. The minimum atomic E-state index is -0.506. The molecule has 0 aliphatic carbocycles. The van der Waals surface area contributed by atoms with E-state index in [1.165, 1.54) is 0 Å². The maximum absolute atomic E-state index is 12.1. The van der Waals surface area contributed by atoms with Crippen LogP contribution in [0.5, 0.6) is 0 Å². The Balaban J connectivity index is 2.37. The minimum Gasteiger partial charge on any atom is -0.456 e. The van der Waals surface area contributed by atoms with Crippen LogP contribution in [-0.4, -0.2) is 16.6 Å². The van der Waals surface area contributed by atoms with E-state index in [4.69, 9.17) is 4.74 Å². The predicted molar refractivity (Wildman–Crippen MR) is 82.5 cm³/mol. The molecule has 1 heterocycles. The molecule has 0 amide bonds. The zero-order valence-electron chi connectivity index (χ0n) is 11.7. The van der Waals surface area contributed by atoms with Gasteiger partial charge in [0.25, 0.3) is 0 Å². The molecule has 0 atom stereocenters. The number of halogens is 1. The van der Waals surface area contributed by atoms with Gasteiger partial charge in [0.05, 0.1) is 5.56 Å². The van der Waals surface area contributed by atoms with Crippen molar-refractivity contribution in [2.24, 2.45) is 0 Å². The maximum Gasteiger partial charge on any atom is 0.338 e. The molecule has 1 aromatic heterocycles. The van der Waals surface area contributed by atoms with Crippen molar-refractivity contribution in [1.82, 2.24) is 4.98 Å². The average molecular weight is 334 g/mol. The molecule has 2 aromatic rings. The molecule has 4 heteroatoms. The first kappa shape index (κ1) is 14.7. The summed E-state index contributed by atoms with van der Waals surface area (Å²) >= 11 is 3.43. The third-order valence-corrected chi connectivity index (χ3v) is 2.99. The molecule has 1 aromatic carbocycles. The van der Waals surface area contributed by atoms with Gasteiger partial charge in [-0.15, -0.1) is 0 Å². The van der Waals surface area contributed by atoms with Crippen molar-refractivity contribution in [3.8, 4) is 11.1 Å². The van der Waals surface area contributed by atoms with E-state index in [1.54, 1.807) is 18.5 Å². The van der Waals surface area contributed by atoms with E-state index in [9.17, 15) is 4.79 Å². The zero-order chi connectivity index (χ0) is 14.8. The molecule has 0 saturated heterocycles. The topological polar surface area (TPSA) is 39.2 Å². The number of carbonyl (C=O) groups is 1. The molecule has 104 valence electrons. The molecular formula is C16H16BrNO2. The van der Waals surface area contributed by atoms with Crippen molar-refractivity contribution in [2.45, 2.75) is 26.4 Å². The quantitative estimate of drug-likeness (QED) is 0.761. The summed E-state index contributed by atoms with van der Waals surface area (Å²) in [7, 11) is 0. The summed E-state index contributed by atoms with van der Waals surface area (Å²) in [5.74, 6) is -0.330. The van der Waals surface area contributed by atoms with E-state index in [2.05, 4.69) is 20.9 Å². The number of aromatic nitrogens is 1. The number of pyridine rings is 1. The predicted octanol–water partition coefficient (Wildman–Crippen LogP) is 4.47. The van der Waals surface area contributed by atoms with Gasteiger partial charge in [0.2, 0.25) is 0 Å². The van der Waals surface area contributed by atoms with Gasteiger partial charge < -0.3 is 4.74 Å². The lowest BCUT2D eigenvalue weighted by Crippen LogP contribution is -2.23. The van der Waals surface area contributed by atoms with Crippen LogP contribution in [0.1, 0.15) is 31.1 Å². The Labute approximate surface area is 127 Å². The van der Waals surface area contributed by atoms with Crippen LogP contribution >= 0.6 is 15.9 Å². The van der Waals surface area contributed by atoms with Gasteiger partial charge in [-0.3, -0.25) is 4.98 Å². The van der Waals surface area contributed by atoms with Crippen LogP contribution in [0.2, 0.25) is 0 Å². The maximum atomic E-state index is 12.1. The van der Waals surface area contributed by atoms with Crippen LogP contribution < -0.4 is 0 Å². The van der Waals surface area contributed by atoms with Crippen molar-refractivity contribution in [2.75, 3.05) is 0 Å². The summed E-state index contributed by atoms with van der Waals surface area (Å²) < 4.78 is 6.23. The summed E-state index contributed by atoms with van der Waals surface area (Å²) in [4.78, 5) is 16.2. The molecule has 3 nitrogen and oxygen atoms in total. The standard InChI is InChI=1S/C16H16BrNO2/c1-16(2,3)20-15(19)13-7-12(8-14(17)9-13)11-5-4-6-18-10-11/h4-10H,1-3H3. The van der Waals surface area contributed by atoms with Crippen LogP contribution in [0, 0.1) is 0 Å². The Morgan fingerprint density at radius 3 is 2.55 bits per heavy atom. The highest BCUT2D eigenvalue weighted by atomic mass is 79.9. The highest BCUT2D eigenvalue weighted by Crippen LogP contribution is 2.25. The summed E-state index contributed by atoms with van der Waals surface area (Å²) in [5.41, 5.74) is 1.90. The molecule has 0 spiro atoms. The number of nitrogens with zero attached hydrogens (tertiary/aromatic N) is 1. The smallest absolute Gasteiger partial charge is 0.338 e. The number of benzene rings is 1. The van der Waals surface area contributed by atoms with E-state index in [0.29, 0.717) is 5.56 Å². The first-order chi connectivity index (χ1) is 9.35. The fraction of sp³-hybridized carbons (Fsp3) is 0.250. The summed E-state index contributed by atoms with van der Waals surface area (Å²) in [6.45, 7) is 5.56. The first-order valence-corrected chi connectivity index (χ1v) is 7.09. The minimum absolute atomic E-state index is 0.330. The van der Waals surface area contributed by atoms with E-state index in [1.807, 2.05) is 45.0 Å². The summed E-state index contributed by atoms with van der Waals surface area (Å²) in [5, 5.41) is 0. The normalized spacial score (nSPS) is 11.2. The van der Waals surface area contributed by atoms with Gasteiger partial charge in [0.15, 0.2) is 0 Å². The van der Waals surface area contributed by atoms with Crippen molar-refractivity contribution in [3.63, 3.8) is 0 Å². The Hall–Kier alpha value is -1.68. The fourth-order valence-electron chi connectivity index (χ4n) is 1.74. The molecule has 0 bridgehead atoms. The first-order valence-electron chi connectivity index (χ1n) is 6.29. The van der Waals surface area contributed by atoms with Crippen LogP contribution in [-0.2, 0) is 4.74 Å². The lowest BCUT2D eigenvalue weighted by Gasteiger charge is -2.19. The molecule has 20 heavy (non-hydrogen) atoms. The molecule has 0 aliphatic rings. The van der Waals surface area contributed by atoms with E-state index in [0.717, 1.165) is 15.6 Å². The van der Waals surface area contributed by atoms with Crippen LogP contribution in [0.3, 0.4) is 0 Å². The molecule has 0 saturated carbocycles. The fourth-order valence-corrected chi connectivity index (χ4v) is 2.24. The molecule has 2 rings (SSSR count). The third kappa shape index (κ3) is 3.90. The average Bonchev–Trinajstić information content (AvgIpc) is 2.37. The van der Waals surface area contributed by atoms with Gasteiger partial charge in [0.1, 0.15) is 5.60 Å². The lowest BCUT2D eigenvalue weighted by atomic mass is 10.0. The second kappa shape index (κ2) is 5.75. The zero-order valence-corrected chi connectivity index (χ0v) is 13.3. The molecule has 0 fully saturated rings. The van der Waals surface area contributed by atoms with Gasteiger partial charge in [-0.05, 0) is 50.6 Å². The van der Waals surface area contributed by atoms with Crippen LogP contribution in [0.25, 0.3) is 11.1 Å². The number of hydrogen-bond donors (Lipinski definition) is 0. The van der Waals surface area contributed by atoms with Gasteiger partial charge in [-0.1, -0.05) is 22.0 Å². The van der Waals surface area contributed by atoms with Gasteiger partial charge in [-0.2, -0.15) is 0 Å². The van der Waals surface area contributed by atoms with Crippen molar-refractivity contribution in [1.29, 1.82) is 0 Å². The molecule has 0 aliphatic heterocycles. The van der Waals surface area contributed by atoms with Crippen molar-refractivity contribution >= 4 is 21.9 Å². The Morgan fingerprint density at radius 2 is 1.95 bits per heavy atom. The molecule has 0 unspecified atom stereocenters. The summed E-state index contributed by atoms with van der Waals surface area (Å²) in [6.07, 6.45) is 3.48. The highest BCUT2D eigenvalue weighted by Gasteiger charge is 2.18. The highest BCUT2D eigenvalue weighted by molar-refractivity contribution is 9.10. The Kier molecular flexibility index (Phi) is 4.23. The van der Waals surface area contributed by atoms with Gasteiger partial charge in [-0.25, -0.2) is 4.79 Å². The second-order valence-corrected chi connectivity index (χ2v) is 6.39. The number of hydrogen-bond acceptors (Lipinski definition) is 3. The molecular weight excluding hydrogens is 318 g/mol. The molecule has 0 radical (unpaired) electrons. The Bertz CT molecular complexity index is 618. The number of esters is 1. The van der Waals surface area contributed by atoms with E-state index < -0.39 is 5.60 Å². The van der Waals surface area contributed by atoms with Crippen molar-refractivity contribution in [3.05, 3.63) is 52.8 Å². The van der Waals surface area contributed by atoms with E-state index in [-0.39, 0.29) is 5.97 Å². The summed E-state index contributed by atoms with van der Waals surface area (Å²) in [6, 6.07) is 9.34. The number of carbonyl (C=O) groups excluding carboxylic acids is 1. The van der Waals surface area contributed by atoms with E-state index >= 15 is 0 Å². The van der Waals surface area contributed by atoms with Gasteiger partial charge >= 0.3 is 5.97 Å². The molecule has 0 N–H and O–H groups in total. The lowest BCUT2D eigenvalue weighted by molar-refractivity contribution is 0.00695.